The van der Waals surface area contributed by atoms with E-state index in [2.05, 4.69) is 18.3 Å². The topological polar surface area (TPSA) is 45.0 Å². The third-order valence-corrected chi connectivity index (χ3v) is 2.78. The summed E-state index contributed by atoms with van der Waals surface area (Å²) in [6.07, 6.45) is 2.08. The number of rotatable bonds is 3. The SMILES string of the molecule is CCCN[C@@H]1COc2ccc(C#N)cc2C1. The summed E-state index contributed by atoms with van der Waals surface area (Å²) >= 11 is 0. The van der Waals surface area contributed by atoms with Gasteiger partial charge >= 0.3 is 0 Å². The van der Waals surface area contributed by atoms with E-state index in [1.165, 1.54) is 0 Å². The number of fused-ring (bicyclic) bond motifs is 1. The Labute approximate surface area is 96.0 Å². The summed E-state index contributed by atoms with van der Waals surface area (Å²) in [4.78, 5) is 0. The molecule has 2 rings (SSSR count). The highest BCUT2D eigenvalue weighted by atomic mass is 16.5. The Morgan fingerprint density at radius 1 is 1.56 bits per heavy atom. The summed E-state index contributed by atoms with van der Waals surface area (Å²) in [5.41, 5.74) is 1.84. The average Bonchev–Trinajstić information content (AvgIpc) is 2.35. The molecule has 1 heterocycles. The summed E-state index contributed by atoms with van der Waals surface area (Å²) in [7, 11) is 0. The second-order valence-corrected chi connectivity index (χ2v) is 4.10. The van der Waals surface area contributed by atoms with Gasteiger partial charge in [-0.05, 0) is 43.1 Å². The van der Waals surface area contributed by atoms with Crippen molar-refractivity contribution in [2.45, 2.75) is 25.8 Å². The van der Waals surface area contributed by atoms with Gasteiger partial charge in [0.1, 0.15) is 12.4 Å². The van der Waals surface area contributed by atoms with Gasteiger partial charge in [0.05, 0.1) is 11.6 Å². The molecule has 1 N–H and O–H groups in total. The Bertz CT molecular complexity index is 409. The Balaban J connectivity index is 2.09. The van der Waals surface area contributed by atoms with Crippen LogP contribution in [0, 0.1) is 11.3 Å². The molecule has 0 fully saturated rings. The maximum absolute atomic E-state index is 8.84. The number of hydrogen-bond donors (Lipinski definition) is 1. The van der Waals surface area contributed by atoms with Gasteiger partial charge in [-0.3, -0.25) is 0 Å². The molecule has 0 spiro atoms. The van der Waals surface area contributed by atoms with Crippen LogP contribution < -0.4 is 10.1 Å². The maximum Gasteiger partial charge on any atom is 0.122 e. The van der Waals surface area contributed by atoms with Gasteiger partial charge in [0.25, 0.3) is 0 Å². The molecule has 0 saturated heterocycles. The zero-order valence-corrected chi connectivity index (χ0v) is 9.49. The molecule has 3 heteroatoms. The van der Waals surface area contributed by atoms with Crippen molar-refractivity contribution in [3.8, 4) is 11.8 Å². The third-order valence-electron chi connectivity index (χ3n) is 2.78. The van der Waals surface area contributed by atoms with Crippen LogP contribution in [-0.2, 0) is 6.42 Å². The van der Waals surface area contributed by atoms with Crippen LogP contribution in [0.5, 0.6) is 5.75 Å². The summed E-state index contributed by atoms with van der Waals surface area (Å²) in [5.74, 6) is 0.925. The first-order valence-corrected chi connectivity index (χ1v) is 5.72. The first kappa shape index (κ1) is 11.0. The first-order valence-electron chi connectivity index (χ1n) is 5.72. The maximum atomic E-state index is 8.84. The van der Waals surface area contributed by atoms with E-state index >= 15 is 0 Å². The fourth-order valence-corrected chi connectivity index (χ4v) is 1.94. The van der Waals surface area contributed by atoms with Gasteiger partial charge in [-0.1, -0.05) is 6.92 Å². The summed E-state index contributed by atoms with van der Waals surface area (Å²) < 4.78 is 5.66. The number of nitriles is 1. The highest BCUT2D eigenvalue weighted by Crippen LogP contribution is 2.25. The number of benzene rings is 1. The number of nitrogens with one attached hydrogen (secondary N) is 1. The Morgan fingerprint density at radius 2 is 2.44 bits per heavy atom. The van der Waals surface area contributed by atoms with E-state index in [1.807, 2.05) is 12.1 Å². The minimum absolute atomic E-state index is 0.376. The Hall–Kier alpha value is -1.53. The quantitative estimate of drug-likeness (QED) is 0.838. The Morgan fingerprint density at radius 3 is 3.19 bits per heavy atom. The van der Waals surface area contributed by atoms with Crippen LogP contribution in [0.3, 0.4) is 0 Å². The molecule has 0 aromatic heterocycles. The summed E-state index contributed by atoms with van der Waals surface area (Å²) in [6, 6.07) is 8.16. The molecule has 0 saturated carbocycles. The smallest absolute Gasteiger partial charge is 0.122 e. The van der Waals surface area contributed by atoms with Crippen molar-refractivity contribution < 1.29 is 4.74 Å². The van der Waals surface area contributed by atoms with Crippen LogP contribution in [0.25, 0.3) is 0 Å². The molecule has 1 aromatic rings. The van der Waals surface area contributed by atoms with Gasteiger partial charge in [-0.2, -0.15) is 5.26 Å². The zero-order chi connectivity index (χ0) is 11.4. The van der Waals surface area contributed by atoms with E-state index in [0.717, 1.165) is 37.3 Å². The van der Waals surface area contributed by atoms with Gasteiger partial charge in [-0.15, -0.1) is 0 Å². The monoisotopic (exact) mass is 216 g/mol. The van der Waals surface area contributed by atoms with Crippen LogP contribution in [0.2, 0.25) is 0 Å². The lowest BCUT2D eigenvalue weighted by Gasteiger charge is -2.26. The average molecular weight is 216 g/mol. The second-order valence-electron chi connectivity index (χ2n) is 4.10. The van der Waals surface area contributed by atoms with E-state index in [1.54, 1.807) is 6.07 Å². The van der Waals surface area contributed by atoms with Crippen molar-refractivity contribution in [3.05, 3.63) is 29.3 Å². The molecule has 1 aliphatic rings. The molecule has 0 amide bonds. The molecule has 1 aromatic carbocycles. The summed E-state index contributed by atoms with van der Waals surface area (Å²) in [6.45, 7) is 3.89. The van der Waals surface area contributed by atoms with Crippen molar-refractivity contribution in [2.75, 3.05) is 13.2 Å². The van der Waals surface area contributed by atoms with E-state index < -0.39 is 0 Å². The zero-order valence-electron chi connectivity index (χ0n) is 9.49. The fraction of sp³-hybridized carbons (Fsp3) is 0.462. The van der Waals surface area contributed by atoms with Gasteiger partial charge in [0.15, 0.2) is 0 Å². The lowest BCUT2D eigenvalue weighted by molar-refractivity contribution is 0.239. The minimum atomic E-state index is 0.376. The van der Waals surface area contributed by atoms with Crippen molar-refractivity contribution >= 4 is 0 Å². The van der Waals surface area contributed by atoms with Gasteiger partial charge in [-0.25, -0.2) is 0 Å². The predicted octanol–water partition coefficient (Wildman–Crippen LogP) is 1.86. The predicted molar refractivity (Wildman–Crippen MR) is 62.4 cm³/mol. The molecule has 84 valence electrons. The highest BCUT2D eigenvalue weighted by molar-refractivity contribution is 5.43. The van der Waals surface area contributed by atoms with E-state index in [0.29, 0.717) is 11.6 Å². The molecule has 1 aliphatic heterocycles. The van der Waals surface area contributed by atoms with Crippen molar-refractivity contribution in [2.24, 2.45) is 0 Å². The highest BCUT2D eigenvalue weighted by Gasteiger charge is 2.19. The van der Waals surface area contributed by atoms with Gasteiger partial charge in [0, 0.05) is 6.04 Å². The van der Waals surface area contributed by atoms with Crippen LogP contribution >= 0.6 is 0 Å². The first-order chi connectivity index (χ1) is 7.83. The largest absolute Gasteiger partial charge is 0.492 e. The number of hydrogen-bond acceptors (Lipinski definition) is 3. The Kier molecular flexibility index (Phi) is 3.43. The van der Waals surface area contributed by atoms with Crippen LogP contribution in [0.4, 0.5) is 0 Å². The molecule has 0 radical (unpaired) electrons. The van der Waals surface area contributed by atoms with Crippen LogP contribution in [-0.4, -0.2) is 19.2 Å². The summed E-state index contributed by atoms with van der Waals surface area (Å²) in [5, 5.41) is 12.3. The molecular weight excluding hydrogens is 200 g/mol. The molecule has 0 aliphatic carbocycles. The molecule has 16 heavy (non-hydrogen) atoms. The van der Waals surface area contributed by atoms with Gasteiger partial charge in [0.2, 0.25) is 0 Å². The van der Waals surface area contributed by atoms with Crippen molar-refractivity contribution in [1.29, 1.82) is 5.26 Å². The lowest BCUT2D eigenvalue weighted by Crippen LogP contribution is -2.39. The van der Waals surface area contributed by atoms with E-state index in [9.17, 15) is 0 Å². The molecule has 1 atom stereocenters. The van der Waals surface area contributed by atoms with E-state index in [-0.39, 0.29) is 0 Å². The third kappa shape index (κ3) is 2.34. The second kappa shape index (κ2) is 5.00. The number of nitrogens with zero attached hydrogens (tertiary/aromatic N) is 1. The van der Waals surface area contributed by atoms with E-state index in [4.69, 9.17) is 10.00 Å². The van der Waals surface area contributed by atoms with Crippen LogP contribution in [0.1, 0.15) is 24.5 Å². The molecule has 0 unspecified atom stereocenters. The molecule has 0 bridgehead atoms. The van der Waals surface area contributed by atoms with Gasteiger partial charge < -0.3 is 10.1 Å². The molecule has 3 nitrogen and oxygen atoms in total. The fourth-order valence-electron chi connectivity index (χ4n) is 1.94. The lowest BCUT2D eigenvalue weighted by atomic mass is 10.0. The normalized spacial score (nSPS) is 18.4. The number of ether oxygens (including phenoxy) is 1. The standard InChI is InChI=1S/C13H16N2O/c1-2-5-15-12-7-11-6-10(8-14)3-4-13(11)16-9-12/h3-4,6,12,15H,2,5,7,9H2,1H3/t12-/m0/s1. The van der Waals surface area contributed by atoms with Crippen molar-refractivity contribution in [1.82, 2.24) is 5.32 Å². The van der Waals surface area contributed by atoms with Crippen LogP contribution in [0.15, 0.2) is 18.2 Å². The molecular formula is C13H16N2O. The van der Waals surface area contributed by atoms with Crippen molar-refractivity contribution in [3.63, 3.8) is 0 Å². The minimum Gasteiger partial charge on any atom is -0.492 e.